The van der Waals surface area contributed by atoms with Crippen LogP contribution in [0.5, 0.6) is 0 Å². The molecule has 0 fully saturated rings. The van der Waals surface area contributed by atoms with E-state index in [0.29, 0.717) is 31.2 Å². The zero-order valence-electron chi connectivity index (χ0n) is 15.9. The number of carbonyl (C=O) groups is 2. The molecule has 1 unspecified atom stereocenters. The van der Waals surface area contributed by atoms with Crippen molar-refractivity contribution >= 4 is 51.0 Å². The fraction of sp³-hybridized carbons (Fsp3) is 0.130. The highest BCUT2D eigenvalue weighted by Crippen LogP contribution is 2.48. The average molecular weight is 521 g/mol. The Kier molecular flexibility index (Phi) is 5.83. The van der Waals surface area contributed by atoms with Crippen molar-refractivity contribution in [1.29, 1.82) is 0 Å². The van der Waals surface area contributed by atoms with E-state index in [1.54, 1.807) is 66.7 Å². The summed E-state index contributed by atoms with van der Waals surface area (Å²) in [6, 6.07) is 17.1. The summed E-state index contributed by atoms with van der Waals surface area (Å²) in [4.78, 5) is 26.6. The predicted molar refractivity (Wildman–Crippen MR) is 121 cm³/mol. The van der Waals surface area contributed by atoms with Gasteiger partial charge in [-0.1, -0.05) is 69.5 Å². The number of aliphatic carboxylic acids is 1. The number of amides is 1. The first-order valence-electron chi connectivity index (χ1n) is 9.31. The third-order valence-electron chi connectivity index (χ3n) is 5.34. The SMILES string of the molecule is O=C(O)C[C@@H](c1ccc(Cl)cc1)N1C(=O)c2cc(Br)ccc2C1(O)c1ccc(Cl)cc1. The van der Waals surface area contributed by atoms with Crippen LogP contribution in [-0.2, 0) is 10.5 Å². The van der Waals surface area contributed by atoms with Gasteiger partial charge in [0.25, 0.3) is 5.91 Å². The Morgan fingerprint density at radius 3 is 2.16 bits per heavy atom. The minimum Gasteiger partial charge on any atom is -0.481 e. The van der Waals surface area contributed by atoms with Crippen molar-refractivity contribution in [3.8, 4) is 0 Å². The van der Waals surface area contributed by atoms with Gasteiger partial charge in [-0.3, -0.25) is 14.5 Å². The molecular formula is C23H16BrCl2NO4. The minimum atomic E-state index is -1.89. The van der Waals surface area contributed by atoms with Crippen LogP contribution in [0.1, 0.15) is 39.5 Å². The van der Waals surface area contributed by atoms with Crippen LogP contribution in [0.25, 0.3) is 0 Å². The molecule has 0 spiro atoms. The lowest BCUT2D eigenvalue weighted by Crippen LogP contribution is -2.47. The van der Waals surface area contributed by atoms with Gasteiger partial charge in [0.1, 0.15) is 0 Å². The van der Waals surface area contributed by atoms with Gasteiger partial charge in [-0.15, -0.1) is 0 Å². The third kappa shape index (κ3) is 3.85. The second kappa shape index (κ2) is 8.28. The lowest BCUT2D eigenvalue weighted by atomic mass is 9.91. The van der Waals surface area contributed by atoms with Gasteiger partial charge in [-0.25, -0.2) is 0 Å². The van der Waals surface area contributed by atoms with Crippen molar-refractivity contribution in [2.24, 2.45) is 0 Å². The molecule has 0 saturated carbocycles. The zero-order valence-corrected chi connectivity index (χ0v) is 19.0. The standard InChI is InChI=1S/C23H16BrCl2NO4/c24-15-5-10-19-18(11-15)22(30)27(23(19,31)14-3-8-17(26)9-4-14)20(12-21(28)29)13-1-6-16(25)7-2-13/h1-11,20,31H,12H2,(H,28,29)/t20-,23?/m0/s1. The number of rotatable bonds is 5. The van der Waals surface area contributed by atoms with Crippen LogP contribution in [0.3, 0.4) is 0 Å². The normalized spacial score (nSPS) is 18.7. The van der Waals surface area contributed by atoms with E-state index in [1.807, 2.05) is 0 Å². The molecule has 0 aliphatic carbocycles. The molecule has 1 aliphatic heterocycles. The summed E-state index contributed by atoms with van der Waals surface area (Å²) in [5.41, 5.74) is -0.295. The molecule has 0 bridgehead atoms. The van der Waals surface area contributed by atoms with Crippen molar-refractivity contribution in [2.45, 2.75) is 18.2 Å². The lowest BCUT2D eigenvalue weighted by molar-refractivity contribution is -0.140. The number of aliphatic hydroxyl groups is 1. The molecule has 0 radical (unpaired) electrons. The number of carboxylic acid groups (broad SMARTS) is 1. The number of fused-ring (bicyclic) bond motifs is 1. The molecule has 2 atom stereocenters. The Hall–Kier alpha value is -2.38. The molecule has 0 saturated heterocycles. The molecule has 2 N–H and O–H groups in total. The fourth-order valence-electron chi connectivity index (χ4n) is 3.96. The Morgan fingerprint density at radius 1 is 1.00 bits per heavy atom. The molecule has 5 nitrogen and oxygen atoms in total. The van der Waals surface area contributed by atoms with Gasteiger partial charge in [-0.2, -0.15) is 0 Å². The highest BCUT2D eigenvalue weighted by Gasteiger charge is 2.53. The highest BCUT2D eigenvalue weighted by molar-refractivity contribution is 9.10. The van der Waals surface area contributed by atoms with Gasteiger partial charge in [0.05, 0.1) is 12.5 Å². The summed E-state index contributed by atoms with van der Waals surface area (Å²) in [5.74, 6) is -1.58. The van der Waals surface area contributed by atoms with E-state index in [1.165, 1.54) is 4.90 Å². The molecule has 1 amide bonds. The highest BCUT2D eigenvalue weighted by atomic mass is 79.9. The maximum atomic E-state index is 13.6. The Morgan fingerprint density at radius 2 is 1.58 bits per heavy atom. The molecule has 3 aromatic rings. The number of benzene rings is 3. The van der Waals surface area contributed by atoms with E-state index in [2.05, 4.69) is 15.9 Å². The average Bonchev–Trinajstić information content (AvgIpc) is 2.94. The van der Waals surface area contributed by atoms with E-state index in [9.17, 15) is 19.8 Å². The van der Waals surface area contributed by atoms with Crippen LogP contribution in [0.15, 0.2) is 71.2 Å². The number of carbonyl (C=O) groups excluding carboxylic acids is 1. The Bertz CT molecular complexity index is 1170. The molecule has 31 heavy (non-hydrogen) atoms. The van der Waals surface area contributed by atoms with Gasteiger partial charge in [0.2, 0.25) is 0 Å². The summed E-state index contributed by atoms with van der Waals surface area (Å²) in [5, 5.41) is 22.6. The van der Waals surface area contributed by atoms with Gasteiger partial charge in [-0.05, 0) is 42.0 Å². The van der Waals surface area contributed by atoms with Gasteiger partial charge in [0, 0.05) is 31.2 Å². The van der Waals surface area contributed by atoms with E-state index in [4.69, 9.17) is 23.2 Å². The van der Waals surface area contributed by atoms with Crippen LogP contribution >= 0.6 is 39.1 Å². The van der Waals surface area contributed by atoms with Gasteiger partial charge in [0.15, 0.2) is 5.72 Å². The van der Waals surface area contributed by atoms with Crippen LogP contribution in [0.2, 0.25) is 10.0 Å². The van der Waals surface area contributed by atoms with Crippen molar-refractivity contribution in [1.82, 2.24) is 4.90 Å². The predicted octanol–water partition coefficient (Wildman–Crippen LogP) is 5.62. The number of halogens is 3. The first-order chi connectivity index (χ1) is 14.7. The summed E-state index contributed by atoms with van der Waals surface area (Å²) >= 11 is 15.4. The molecular weight excluding hydrogens is 505 g/mol. The van der Waals surface area contributed by atoms with E-state index >= 15 is 0 Å². The first kappa shape index (κ1) is 21.8. The van der Waals surface area contributed by atoms with Gasteiger partial charge < -0.3 is 10.2 Å². The van der Waals surface area contributed by atoms with Crippen molar-refractivity contribution in [3.05, 3.63) is 104 Å². The topological polar surface area (TPSA) is 77.8 Å². The van der Waals surface area contributed by atoms with Crippen LogP contribution in [-0.4, -0.2) is 27.0 Å². The largest absolute Gasteiger partial charge is 0.481 e. The van der Waals surface area contributed by atoms with Crippen molar-refractivity contribution in [2.75, 3.05) is 0 Å². The molecule has 0 aromatic heterocycles. The maximum absolute atomic E-state index is 13.6. The summed E-state index contributed by atoms with van der Waals surface area (Å²) < 4.78 is 0.668. The third-order valence-corrected chi connectivity index (χ3v) is 6.33. The number of hydrogen-bond donors (Lipinski definition) is 2. The van der Waals surface area contributed by atoms with Gasteiger partial charge >= 0.3 is 5.97 Å². The fourth-order valence-corrected chi connectivity index (χ4v) is 4.57. The molecule has 1 aliphatic rings. The quantitative estimate of drug-likeness (QED) is 0.457. The van der Waals surface area contributed by atoms with Crippen LogP contribution < -0.4 is 0 Å². The van der Waals surface area contributed by atoms with E-state index < -0.39 is 30.1 Å². The molecule has 4 rings (SSSR count). The van der Waals surface area contributed by atoms with Crippen LogP contribution in [0.4, 0.5) is 0 Å². The Balaban J connectivity index is 1.96. The number of hydrogen-bond acceptors (Lipinski definition) is 3. The molecule has 3 aromatic carbocycles. The second-order valence-corrected chi connectivity index (χ2v) is 9.00. The smallest absolute Gasteiger partial charge is 0.305 e. The summed E-state index contributed by atoms with van der Waals surface area (Å²) in [6.07, 6.45) is -0.404. The molecule has 1 heterocycles. The maximum Gasteiger partial charge on any atom is 0.305 e. The minimum absolute atomic E-state index is 0.288. The van der Waals surface area contributed by atoms with Crippen molar-refractivity contribution < 1.29 is 19.8 Å². The zero-order chi connectivity index (χ0) is 22.3. The monoisotopic (exact) mass is 519 g/mol. The van der Waals surface area contributed by atoms with E-state index in [-0.39, 0.29) is 5.56 Å². The second-order valence-electron chi connectivity index (χ2n) is 7.21. The lowest BCUT2D eigenvalue weighted by Gasteiger charge is -2.40. The number of nitrogens with zero attached hydrogens (tertiary/aromatic N) is 1. The summed E-state index contributed by atoms with van der Waals surface area (Å²) in [7, 11) is 0. The Labute approximate surface area is 197 Å². The van der Waals surface area contributed by atoms with E-state index in [0.717, 1.165) is 0 Å². The van der Waals surface area contributed by atoms with Crippen LogP contribution in [0, 0.1) is 0 Å². The number of carboxylic acids is 1. The van der Waals surface area contributed by atoms with Crippen molar-refractivity contribution in [3.63, 3.8) is 0 Å². The first-order valence-corrected chi connectivity index (χ1v) is 10.9. The molecule has 8 heteroatoms. The summed E-state index contributed by atoms with van der Waals surface area (Å²) in [6.45, 7) is 0. The molecule has 158 valence electrons.